The van der Waals surface area contributed by atoms with E-state index in [0.29, 0.717) is 12.5 Å². The Morgan fingerprint density at radius 1 is 1.23 bits per heavy atom. The zero-order valence-corrected chi connectivity index (χ0v) is 16.6. The maximum absolute atomic E-state index is 11.1. The standard InChI is InChI=1S/C22H22N4O4/c1-29-20-13-18(16-6-7-16)9-8-17(20)3-2-12-30-19-10-4-15(5-11-19)14-26-21(22(27)28)23-24-25-26/h2-5,8-11,13,16H,6-7,12,14H2,1H3,(H,27,28)/b3-2+. The zero-order chi connectivity index (χ0) is 20.9. The molecule has 0 amide bonds. The fourth-order valence-corrected chi connectivity index (χ4v) is 3.18. The molecule has 3 aromatic rings. The zero-order valence-electron chi connectivity index (χ0n) is 16.6. The molecule has 0 aliphatic heterocycles. The summed E-state index contributed by atoms with van der Waals surface area (Å²) in [5.74, 6) is 0.935. The van der Waals surface area contributed by atoms with Gasteiger partial charge in [-0.05, 0) is 64.6 Å². The van der Waals surface area contributed by atoms with Crippen LogP contribution in [0.25, 0.3) is 6.08 Å². The molecule has 0 unspecified atom stereocenters. The fraction of sp³-hybridized carbons (Fsp3) is 0.273. The number of hydrogen-bond donors (Lipinski definition) is 1. The van der Waals surface area contributed by atoms with E-state index < -0.39 is 5.97 Å². The second kappa shape index (κ2) is 8.77. The molecule has 1 heterocycles. The van der Waals surface area contributed by atoms with Crippen molar-refractivity contribution in [3.8, 4) is 11.5 Å². The van der Waals surface area contributed by atoms with Gasteiger partial charge in [0.25, 0.3) is 5.82 Å². The first-order chi connectivity index (χ1) is 14.6. The minimum absolute atomic E-state index is 0.193. The van der Waals surface area contributed by atoms with Gasteiger partial charge in [0.05, 0.1) is 13.7 Å². The van der Waals surface area contributed by atoms with Crippen molar-refractivity contribution in [2.75, 3.05) is 13.7 Å². The van der Waals surface area contributed by atoms with Gasteiger partial charge in [-0.2, -0.15) is 0 Å². The van der Waals surface area contributed by atoms with E-state index in [1.165, 1.54) is 23.1 Å². The molecule has 0 bridgehead atoms. The normalized spacial score (nSPS) is 13.5. The van der Waals surface area contributed by atoms with E-state index in [2.05, 4.69) is 33.7 Å². The molecular weight excluding hydrogens is 384 g/mol. The Hall–Kier alpha value is -3.68. The molecular formula is C22H22N4O4. The van der Waals surface area contributed by atoms with Gasteiger partial charge in [-0.1, -0.05) is 30.3 Å². The second-order valence-corrected chi connectivity index (χ2v) is 7.10. The van der Waals surface area contributed by atoms with E-state index in [4.69, 9.17) is 14.6 Å². The van der Waals surface area contributed by atoms with Crippen LogP contribution in [0.2, 0.25) is 0 Å². The number of methoxy groups -OCH3 is 1. The van der Waals surface area contributed by atoms with Crippen LogP contribution in [-0.2, 0) is 6.54 Å². The summed E-state index contributed by atoms with van der Waals surface area (Å²) in [6.45, 7) is 0.689. The van der Waals surface area contributed by atoms with Crippen molar-refractivity contribution in [2.24, 2.45) is 0 Å². The first-order valence-electron chi connectivity index (χ1n) is 9.69. The number of aromatic carboxylic acids is 1. The Bertz CT molecular complexity index is 1060. The summed E-state index contributed by atoms with van der Waals surface area (Å²) >= 11 is 0. The number of ether oxygens (including phenoxy) is 2. The first-order valence-corrected chi connectivity index (χ1v) is 9.69. The van der Waals surface area contributed by atoms with Crippen LogP contribution in [0.15, 0.2) is 48.5 Å². The number of carbonyl (C=O) groups is 1. The van der Waals surface area contributed by atoms with Crippen LogP contribution in [0.1, 0.15) is 46.1 Å². The Morgan fingerprint density at radius 2 is 2.03 bits per heavy atom. The van der Waals surface area contributed by atoms with Gasteiger partial charge in [0, 0.05) is 5.56 Å². The Kier molecular flexibility index (Phi) is 5.74. The second-order valence-electron chi connectivity index (χ2n) is 7.10. The average Bonchev–Trinajstić information content (AvgIpc) is 3.50. The molecule has 30 heavy (non-hydrogen) atoms. The van der Waals surface area contributed by atoms with E-state index >= 15 is 0 Å². The van der Waals surface area contributed by atoms with Crippen molar-refractivity contribution in [1.29, 1.82) is 0 Å². The number of carboxylic acids is 1. The largest absolute Gasteiger partial charge is 0.496 e. The molecule has 0 radical (unpaired) electrons. The molecule has 8 nitrogen and oxygen atoms in total. The molecule has 8 heteroatoms. The summed E-state index contributed by atoms with van der Waals surface area (Å²) in [6, 6.07) is 13.7. The summed E-state index contributed by atoms with van der Waals surface area (Å²) in [6.07, 6.45) is 6.47. The molecule has 1 N–H and O–H groups in total. The Labute approximate surface area is 173 Å². The minimum Gasteiger partial charge on any atom is -0.496 e. The molecule has 1 aromatic heterocycles. The van der Waals surface area contributed by atoms with E-state index in [1.54, 1.807) is 7.11 Å². The lowest BCUT2D eigenvalue weighted by Crippen LogP contribution is -2.12. The van der Waals surface area contributed by atoms with Crippen molar-refractivity contribution in [3.63, 3.8) is 0 Å². The van der Waals surface area contributed by atoms with Gasteiger partial charge in [-0.15, -0.1) is 5.10 Å². The topological polar surface area (TPSA) is 99.4 Å². The minimum atomic E-state index is -1.16. The Balaban J connectivity index is 1.32. The van der Waals surface area contributed by atoms with Crippen LogP contribution in [0.4, 0.5) is 0 Å². The lowest BCUT2D eigenvalue weighted by Gasteiger charge is -2.08. The van der Waals surface area contributed by atoms with Crippen molar-refractivity contribution in [3.05, 3.63) is 71.1 Å². The van der Waals surface area contributed by atoms with E-state index in [1.807, 2.05) is 36.4 Å². The van der Waals surface area contributed by atoms with E-state index in [9.17, 15) is 4.79 Å². The molecule has 2 aromatic carbocycles. The summed E-state index contributed by atoms with van der Waals surface area (Å²) in [7, 11) is 1.69. The maximum atomic E-state index is 11.1. The van der Waals surface area contributed by atoms with Gasteiger partial charge in [0.15, 0.2) is 0 Å². The summed E-state index contributed by atoms with van der Waals surface area (Å²) < 4.78 is 12.5. The number of hydrogen-bond acceptors (Lipinski definition) is 6. The summed E-state index contributed by atoms with van der Waals surface area (Å²) in [5.41, 5.74) is 3.24. The Morgan fingerprint density at radius 3 is 2.73 bits per heavy atom. The molecule has 4 rings (SSSR count). The molecule has 1 fully saturated rings. The highest BCUT2D eigenvalue weighted by Crippen LogP contribution is 2.41. The average molecular weight is 406 g/mol. The van der Waals surface area contributed by atoms with Crippen molar-refractivity contribution in [2.45, 2.75) is 25.3 Å². The molecule has 1 saturated carbocycles. The van der Waals surface area contributed by atoms with Crippen LogP contribution in [0, 0.1) is 0 Å². The highest BCUT2D eigenvalue weighted by atomic mass is 16.5. The molecule has 0 atom stereocenters. The van der Waals surface area contributed by atoms with Gasteiger partial charge in [-0.25, -0.2) is 9.48 Å². The fourth-order valence-electron chi connectivity index (χ4n) is 3.18. The monoisotopic (exact) mass is 406 g/mol. The third-order valence-electron chi connectivity index (χ3n) is 4.93. The number of benzene rings is 2. The van der Waals surface area contributed by atoms with Gasteiger partial charge in [-0.3, -0.25) is 0 Å². The predicted octanol–water partition coefficient (Wildman–Crippen LogP) is 3.40. The van der Waals surface area contributed by atoms with Crippen LogP contribution >= 0.6 is 0 Å². The first kappa shape index (κ1) is 19.6. The molecule has 0 spiro atoms. The molecule has 1 aliphatic rings. The number of aromatic nitrogens is 4. The van der Waals surface area contributed by atoms with Crippen molar-refractivity contribution in [1.82, 2.24) is 20.2 Å². The van der Waals surface area contributed by atoms with E-state index in [-0.39, 0.29) is 12.4 Å². The van der Waals surface area contributed by atoms with Gasteiger partial charge in [0.2, 0.25) is 0 Å². The highest BCUT2D eigenvalue weighted by Gasteiger charge is 2.24. The third-order valence-corrected chi connectivity index (χ3v) is 4.93. The van der Waals surface area contributed by atoms with Gasteiger partial charge < -0.3 is 14.6 Å². The lowest BCUT2D eigenvalue weighted by atomic mass is 10.1. The highest BCUT2D eigenvalue weighted by molar-refractivity contribution is 5.83. The van der Waals surface area contributed by atoms with Gasteiger partial charge >= 0.3 is 5.97 Å². The van der Waals surface area contributed by atoms with Crippen LogP contribution in [0.5, 0.6) is 11.5 Å². The third kappa shape index (κ3) is 4.65. The molecule has 154 valence electrons. The van der Waals surface area contributed by atoms with Crippen LogP contribution in [-0.4, -0.2) is 45.0 Å². The molecule has 0 saturated heterocycles. The number of carboxylic acid groups (broad SMARTS) is 1. The van der Waals surface area contributed by atoms with Crippen molar-refractivity contribution < 1.29 is 19.4 Å². The van der Waals surface area contributed by atoms with Gasteiger partial charge in [0.1, 0.15) is 18.1 Å². The smallest absolute Gasteiger partial charge is 0.375 e. The van der Waals surface area contributed by atoms with Crippen LogP contribution < -0.4 is 9.47 Å². The number of nitrogens with zero attached hydrogens (tertiary/aromatic N) is 4. The number of rotatable bonds is 9. The summed E-state index contributed by atoms with van der Waals surface area (Å²) in [4.78, 5) is 11.1. The lowest BCUT2D eigenvalue weighted by molar-refractivity contribution is 0.0677. The molecule has 1 aliphatic carbocycles. The van der Waals surface area contributed by atoms with E-state index in [0.717, 1.165) is 22.6 Å². The summed E-state index contributed by atoms with van der Waals surface area (Å²) in [5, 5.41) is 19.7. The van der Waals surface area contributed by atoms with Crippen molar-refractivity contribution >= 4 is 12.0 Å². The number of tetrazole rings is 1. The van der Waals surface area contributed by atoms with Crippen LogP contribution in [0.3, 0.4) is 0 Å². The predicted molar refractivity (Wildman–Crippen MR) is 110 cm³/mol. The maximum Gasteiger partial charge on any atom is 0.375 e. The SMILES string of the molecule is COc1cc(C2CC2)ccc1/C=C/COc1ccc(Cn2nnnc2C(=O)O)cc1. The quantitative estimate of drug-likeness (QED) is 0.581.